The molecule has 1 amide bonds. The summed E-state index contributed by atoms with van der Waals surface area (Å²) in [5.74, 6) is -0.499. The first-order valence-electron chi connectivity index (χ1n) is 3.79. The lowest BCUT2D eigenvalue weighted by atomic mass is 10.3. The smallest absolute Gasteiger partial charge is 0.251 e. The maximum Gasteiger partial charge on any atom is 0.251 e. The molecular weight excluding hydrogens is 146 g/mol. The van der Waals surface area contributed by atoms with E-state index in [1.54, 1.807) is 0 Å². The second-order valence-corrected chi connectivity index (χ2v) is 2.34. The second kappa shape index (κ2) is 6.12. The van der Waals surface area contributed by atoms with Gasteiger partial charge in [-0.2, -0.15) is 0 Å². The first kappa shape index (κ1) is 10.4. The van der Waals surface area contributed by atoms with Crippen LogP contribution in [0.25, 0.3) is 0 Å². The van der Waals surface area contributed by atoms with Crippen LogP contribution in [0.15, 0.2) is 0 Å². The fraction of sp³-hybridized carbons (Fsp3) is 0.857. The van der Waals surface area contributed by atoms with E-state index in [2.05, 4.69) is 5.32 Å². The van der Waals surface area contributed by atoms with Crippen LogP contribution in [0.5, 0.6) is 0 Å². The Kier molecular flexibility index (Phi) is 5.78. The average Bonchev–Trinajstić information content (AvgIpc) is 2.03. The Bertz CT molecular complexity index is 116. The van der Waals surface area contributed by atoms with Crippen molar-refractivity contribution in [2.45, 2.75) is 25.9 Å². The number of unbranched alkanes of at least 4 members (excludes halogenated alkanes) is 1. The van der Waals surface area contributed by atoms with Gasteiger partial charge in [-0.1, -0.05) is 13.3 Å². The van der Waals surface area contributed by atoms with E-state index in [-0.39, 0.29) is 0 Å². The zero-order chi connectivity index (χ0) is 8.69. The molecule has 0 fully saturated rings. The molecular formula is C7H15NO3. The van der Waals surface area contributed by atoms with Crippen molar-refractivity contribution in [2.24, 2.45) is 0 Å². The number of aliphatic hydroxyl groups excluding tert-OH is 2. The average molecular weight is 161 g/mol. The van der Waals surface area contributed by atoms with Gasteiger partial charge in [-0.3, -0.25) is 4.79 Å². The Labute approximate surface area is 66.2 Å². The van der Waals surface area contributed by atoms with Gasteiger partial charge in [0.15, 0.2) is 6.10 Å². The molecule has 0 aromatic heterocycles. The number of carbonyl (C=O) groups excluding carboxylic acids is 1. The molecule has 11 heavy (non-hydrogen) atoms. The Morgan fingerprint density at radius 1 is 1.64 bits per heavy atom. The van der Waals surface area contributed by atoms with Crippen LogP contribution in [0.3, 0.4) is 0 Å². The SMILES string of the molecule is CCCCNC(=O)C(O)CO. The minimum atomic E-state index is -1.27. The Balaban J connectivity index is 3.36. The van der Waals surface area contributed by atoms with E-state index in [0.717, 1.165) is 12.8 Å². The van der Waals surface area contributed by atoms with E-state index in [9.17, 15) is 4.79 Å². The normalized spacial score (nSPS) is 12.6. The van der Waals surface area contributed by atoms with E-state index in [0.29, 0.717) is 6.54 Å². The highest BCUT2D eigenvalue weighted by atomic mass is 16.3. The van der Waals surface area contributed by atoms with Gasteiger partial charge in [-0.05, 0) is 6.42 Å². The van der Waals surface area contributed by atoms with Gasteiger partial charge in [-0.15, -0.1) is 0 Å². The molecule has 0 heterocycles. The van der Waals surface area contributed by atoms with Crippen molar-refractivity contribution in [3.63, 3.8) is 0 Å². The molecule has 0 rings (SSSR count). The molecule has 0 aliphatic rings. The maximum absolute atomic E-state index is 10.7. The van der Waals surface area contributed by atoms with Crippen LogP contribution >= 0.6 is 0 Å². The monoisotopic (exact) mass is 161 g/mol. The molecule has 0 saturated carbocycles. The Morgan fingerprint density at radius 3 is 2.73 bits per heavy atom. The lowest BCUT2D eigenvalue weighted by Crippen LogP contribution is -2.37. The number of aliphatic hydroxyl groups is 2. The lowest BCUT2D eigenvalue weighted by molar-refractivity contribution is -0.131. The minimum Gasteiger partial charge on any atom is -0.393 e. The van der Waals surface area contributed by atoms with E-state index in [4.69, 9.17) is 10.2 Å². The fourth-order valence-electron chi connectivity index (χ4n) is 0.589. The predicted molar refractivity (Wildman–Crippen MR) is 41.0 cm³/mol. The van der Waals surface area contributed by atoms with Crippen LogP contribution in [-0.2, 0) is 4.79 Å². The van der Waals surface area contributed by atoms with Crippen molar-refractivity contribution in [3.8, 4) is 0 Å². The molecule has 66 valence electrons. The molecule has 3 N–H and O–H groups in total. The third kappa shape index (κ3) is 4.75. The quantitative estimate of drug-likeness (QED) is 0.465. The zero-order valence-corrected chi connectivity index (χ0v) is 6.71. The molecule has 4 nitrogen and oxygen atoms in total. The van der Waals surface area contributed by atoms with Crippen molar-refractivity contribution in [3.05, 3.63) is 0 Å². The van der Waals surface area contributed by atoms with Crippen LogP contribution in [0.1, 0.15) is 19.8 Å². The Morgan fingerprint density at radius 2 is 2.27 bits per heavy atom. The molecule has 4 heteroatoms. The topological polar surface area (TPSA) is 69.6 Å². The van der Waals surface area contributed by atoms with Crippen molar-refractivity contribution in [1.29, 1.82) is 0 Å². The highest BCUT2D eigenvalue weighted by molar-refractivity contribution is 5.80. The van der Waals surface area contributed by atoms with Gasteiger partial charge in [-0.25, -0.2) is 0 Å². The highest BCUT2D eigenvalue weighted by Gasteiger charge is 2.11. The molecule has 0 saturated heterocycles. The number of nitrogens with one attached hydrogen (secondary N) is 1. The second-order valence-electron chi connectivity index (χ2n) is 2.34. The molecule has 0 aliphatic heterocycles. The molecule has 1 unspecified atom stereocenters. The van der Waals surface area contributed by atoms with E-state index in [1.807, 2.05) is 6.92 Å². The van der Waals surface area contributed by atoms with Crippen molar-refractivity contribution >= 4 is 5.91 Å². The number of hydrogen-bond donors (Lipinski definition) is 3. The van der Waals surface area contributed by atoms with Gasteiger partial charge < -0.3 is 15.5 Å². The number of hydrogen-bond acceptors (Lipinski definition) is 3. The van der Waals surface area contributed by atoms with Gasteiger partial charge in [0.25, 0.3) is 5.91 Å². The molecule has 0 aliphatic carbocycles. The van der Waals surface area contributed by atoms with Crippen molar-refractivity contribution in [2.75, 3.05) is 13.2 Å². The van der Waals surface area contributed by atoms with Gasteiger partial charge in [0.1, 0.15) is 0 Å². The summed E-state index contributed by atoms with van der Waals surface area (Å²) in [6.07, 6.45) is 0.617. The number of rotatable bonds is 5. The largest absolute Gasteiger partial charge is 0.393 e. The lowest BCUT2D eigenvalue weighted by Gasteiger charge is -2.07. The fourth-order valence-corrected chi connectivity index (χ4v) is 0.589. The van der Waals surface area contributed by atoms with Crippen LogP contribution in [-0.4, -0.2) is 35.4 Å². The van der Waals surface area contributed by atoms with Crippen molar-refractivity contribution in [1.82, 2.24) is 5.32 Å². The van der Waals surface area contributed by atoms with E-state index >= 15 is 0 Å². The summed E-state index contributed by atoms with van der Waals surface area (Å²) in [5.41, 5.74) is 0. The maximum atomic E-state index is 10.7. The highest BCUT2D eigenvalue weighted by Crippen LogP contribution is 1.84. The van der Waals surface area contributed by atoms with Crippen LogP contribution in [0, 0.1) is 0 Å². The zero-order valence-electron chi connectivity index (χ0n) is 6.71. The molecule has 1 atom stereocenters. The van der Waals surface area contributed by atoms with Crippen LogP contribution in [0.4, 0.5) is 0 Å². The van der Waals surface area contributed by atoms with Crippen LogP contribution < -0.4 is 5.32 Å². The van der Waals surface area contributed by atoms with Crippen LogP contribution in [0.2, 0.25) is 0 Å². The van der Waals surface area contributed by atoms with Crippen molar-refractivity contribution < 1.29 is 15.0 Å². The van der Waals surface area contributed by atoms with Gasteiger partial charge in [0.05, 0.1) is 6.61 Å². The summed E-state index contributed by atoms with van der Waals surface area (Å²) in [6, 6.07) is 0. The summed E-state index contributed by atoms with van der Waals surface area (Å²) in [4.78, 5) is 10.7. The third-order valence-electron chi connectivity index (χ3n) is 1.31. The molecule has 0 radical (unpaired) electrons. The van der Waals surface area contributed by atoms with E-state index < -0.39 is 18.6 Å². The first-order chi connectivity index (χ1) is 5.22. The summed E-state index contributed by atoms with van der Waals surface area (Å²) in [7, 11) is 0. The number of carbonyl (C=O) groups is 1. The summed E-state index contributed by atoms with van der Waals surface area (Å²) < 4.78 is 0. The molecule has 0 spiro atoms. The van der Waals surface area contributed by atoms with Gasteiger partial charge in [0.2, 0.25) is 0 Å². The third-order valence-corrected chi connectivity index (χ3v) is 1.31. The van der Waals surface area contributed by atoms with Gasteiger partial charge >= 0.3 is 0 Å². The van der Waals surface area contributed by atoms with E-state index in [1.165, 1.54) is 0 Å². The molecule has 0 aromatic rings. The summed E-state index contributed by atoms with van der Waals surface area (Å²) >= 11 is 0. The van der Waals surface area contributed by atoms with Gasteiger partial charge in [0, 0.05) is 6.54 Å². The molecule has 0 aromatic carbocycles. The molecule has 0 bridgehead atoms. The number of amides is 1. The predicted octanol–water partition coefficient (Wildman–Crippen LogP) is -0.744. The Hall–Kier alpha value is -0.610. The first-order valence-corrected chi connectivity index (χ1v) is 3.79. The summed E-state index contributed by atoms with van der Waals surface area (Å²) in [6.45, 7) is 2.05. The summed E-state index contributed by atoms with van der Waals surface area (Å²) in [5, 5.41) is 19.6. The minimum absolute atomic E-state index is 0.499. The standard InChI is InChI=1S/C7H15NO3/c1-2-3-4-8-7(11)6(10)5-9/h6,9-10H,2-5H2,1H3,(H,8,11).